The first-order valence-corrected chi connectivity index (χ1v) is 0.742. The second-order valence-electron chi connectivity index (χ2n) is 0.236. The normalized spacial score (nSPS) is 2.00. The largest absolute Gasteiger partial charge is 0.549 e. The molecule has 0 aromatic rings. The zero-order valence-corrected chi connectivity index (χ0v) is 12.1. The minimum Gasteiger partial charge on any atom is -0.549 e. The summed E-state index contributed by atoms with van der Waals surface area (Å²) in [6.45, 7) is 7.75. The molecule has 0 heterocycles. The Balaban J connectivity index is -0.00000000667. The van der Waals surface area contributed by atoms with Crippen LogP contribution in [-0.2, 0) is 98.1 Å². The quantitative estimate of drug-likeness (QED) is 0.581. The van der Waals surface area contributed by atoms with Crippen LogP contribution in [0.25, 0.3) is 0 Å². The Morgan fingerprint density at radius 1 is 1.17 bits per heavy atom. The van der Waals surface area contributed by atoms with Gasteiger partial charge in [0.2, 0.25) is 0 Å². The monoisotopic (exact) mass is 307 g/mol. The molecule has 27 valence electrons. The Hall–Kier alpha value is 2.92. The van der Waals surface area contributed by atoms with E-state index in [1.54, 1.807) is 0 Å². The molecule has 3 radical (unpaired) electrons. The first-order chi connectivity index (χ1) is 1.41. The number of hydrogen-bond donors (Lipinski definition) is 0. The molecular weight excluding hydrogens is 303 g/mol. The van der Waals surface area contributed by atoms with Gasteiger partial charge in [0.1, 0.15) is 0 Å². The summed E-state index contributed by atoms with van der Waals surface area (Å²) in [6, 6.07) is 0. The van der Waals surface area contributed by atoms with E-state index in [2.05, 4.69) is 13.5 Å². The Kier molecular flexibility index (Phi) is 95.1. The van der Waals surface area contributed by atoms with E-state index in [-0.39, 0.29) is 98.1 Å². The van der Waals surface area contributed by atoms with Gasteiger partial charge in [-0.05, 0) is 0 Å². The first-order valence-electron chi connectivity index (χ1n) is 0.742. The molecule has 0 aliphatic heterocycles. The van der Waals surface area contributed by atoms with Crippen LogP contribution in [0.1, 0.15) is 0 Å². The van der Waals surface area contributed by atoms with Crippen LogP contribution in [0.2, 0.25) is 0 Å². The molecule has 0 aliphatic carbocycles. The van der Waals surface area contributed by atoms with Gasteiger partial charge in [-0.1, -0.05) is 0 Å². The van der Waals surface area contributed by atoms with Crippen molar-refractivity contribution in [3.63, 3.8) is 0 Å². The van der Waals surface area contributed by atoms with Crippen molar-refractivity contribution in [1.29, 1.82) is 0 Å². The molecule has 0 aromatic heterocycles. The Morgan fingerprint density at radius 3 is 1.17 bits per heavy atom. The van der Waals surface area contributed by atoms with Crippen molar-refractivity contribution in [3.05, 3.63) is 19.6 Å². The van der Waals surface area contributed by atoms with Crippen molar-refractivity contribution >= 4 is 0 Å². The average Bonchev–Trinajstić information content (AvgIpc) is 0.918. The van der Waals surface area contributed by atoms with E-state index in [1.807, 2.05) is 0 Å². The molecule has 0 saturated carbocycles. The summed E-state index contributed by atoms with van der Waals surface area (Å²) >= 11 is 0. The van der Waals surface area contributed by atoms with Gasteiger partial charge in [-0.25, -0.2) is 0 Å². The molecule has 0 aliphatic rings. The summed E-state index contributed by atoms with van der Waals surface area (Å²) in [5.41, 5.74) is 0. The van der Waals surface area contributed by atoms with Crippen molar-refractivity contribution in [2.45, 2.75) is 0 Å². The fourth-order valence-corrected chi connectivity index (χ4v) is 0. The van der Waals surface area contributed by atoms with Gasteiger partial charge in [-0.15, -0.1) is 0 Å². The Morgan fingerprint density at radius 2 is 1.17 bits per heavy atom. The van der Waals surface area contributed by atoms with E-state index in [0.29, 0.717) is 0 Å². The maximum atomic E-state index is 4.61. The standard InChI is InChI=1S/C3H4.3Y/c1-3-2;;;/h1,3H,2H2;;;/q-2;;;. The van der Waals surface area contributed by atoms with Gasteiger partial charge in [0.15, 0.2) is 0 Å². The molecule has 0 rings (SSSR count). The molecular formula is C3H4Y3-2. The number of hydrogen-bond acceptors (Lipinski definition) is 0. The van der Waals surface area contributed by atoms with Crippen LogP contribution < -0.4 is 0 Å². The van der Waals surface area contributed by atoms with Crippen molar-refractivity contribution in [2.24, 2.45) is 0 Å². The fraction of sp³-hybridized carbons (Fsp3) is 0. The van der Waals surface area contributed by atoms with Gasteiger partial charge >= 0.3 is 0 Å². The fourth-order valence-electron chi connectivity index (χ4n) is 0. The third-order valence-electron chi connectivity index (χ3n) is 0. The molecule has 0 saturated heterocycles. The third kappa shape index (κ3) is 28.4. The van der Waals surface area contributed by atoms with E-state index in [9.17, 15) is 0 Å². The number of allylic oxidation sites excluding steroid dienone is 1. The van der Waals surface area contributed by atoms with E-state index in [4.69, 9.17) is 0 Å². The molecule has 0 atom stereocenters. The van der Waals surface area contributed by atoms with Gasteiger partial charge in [-0.2, -0.15) is 0 Å². The van der Waals surface area contributed by atoms with Crippen LogP contribution in [0, 0.1) is 13.5 Å². The molecule has 0 unspecified atom stereocenters. The SMILES string of the molecule is [CH-]=C[CH2-].[Y].[Y].[Y]. The minimum atomic E-state index is 0. The molecule has 0 aromatic carbocycles. The van der Waals surface area contributed by atoms with E-state index >= 15 is 0 Å². The maximum Gasteiger partial charge on any atom is 0 e. The maximum absolute atomic E-state index is 4.61. The molecule has 0 fully saturated rings. The minimum absolute atomic E-state index is 0. The third-order valence-corrected chi connectivity index (χ3v) is 0. The summed E-state index contributed by atoms with van der Waals surface area (Å²) < 4.78 is 0. The summed E-state index contributed by atoms with van der Waals surface area (Å²) in [7, 11) is 0. The molecule has 0 nitrogen and oxygen atoms in total. The summed E-state index contributed by atoms with van der Waals surface area (Å²) in [5, 5.41) is 0. The van der Waals surface area contributed by atoms with Gasteiger partial charge in [-0.3, -0.25) is 0 Å². The van der Waals surface area contributed by atoms with Gasteiger partial charge in [0, 0.05) is 98.1 Å². The molecule has 6 heavy (non-hydrogen) atoms. The van der Waals surface area contributed by atoms with Crippen molar-refractivity contribution in [1.82, 2.24) is 0 Å². The summed E-state index contributed by atoms with van der Waals surface area (Å²) in [5.74, 6) is 0. The van der Waals surface area contributed by atoms with Crippen molar-refractivity contribution < 1.29 is 98.1 Å². The van der Waals surface area contributed by atoms with Crippen molar-refractivity contribution in [3.8, 4) is 0 Å². The van der Waals surface area contributed by atoms with Crippen LogP contribution in [0.15, 0.2) is 6.08 Å². The molecule has 0 spiro atoms. The Labute approximate surface area is 115 Å². The van der Waals surface area contributed by atoms with Gasteiger partial charge in [0.25, 0.3) is 0 Å². The van der Waals surface area contributed by atoms with E-state index < -0.39 is 0 Å². The first kappa shape index (κ1) is 23.1. The van der Waals surface area contributed by atoms with Crippen LogP contribution in [0.5, 0.6) is 0 Å². The number of rotatable bonds is 0. The zero-order valence-electron chi connectivity index (χ0n) is 3.59. The summed E-state index contributed by atoms with van der Waals surface area (Å²) in [6.07, 6.45) is 1.25. The molecule has 3 heteroatoms. The topological polar surface area (TPSA) is 0 Å². The second kappa shape index (κ2) is 24.7. The predicted molar refractivity (Wildman–Crippen MR) is 14.2 cm³/mol. The molecule has 0 amide bonds. The smallest absolute Gasteiger partial charge is 0 e. The van der Waals surface area contributed by atoms with Crippen LogP contribution in [0.3, 0.4) is 0 Å². The predicted octanol–water partition coefficient (Wildman–Crippen LogP) is 0.802. The Bertz CT molecular complexity index is 13.5. The zero-order chi connectivity index (χ0) is 2.71. The van der Waals surface area contributed by atoms with E-state index in [0.717, 1.165) is 0 Å². The van der Waals surface area contributed by atoms with Crippen LogP contribution in [0.4, 0.5) is 0 Å². The van der Waals surface area contributed by atoms with Gasteiger partial charge in [0.05, 0.1) is 0 Å². The molecule has 0 N–H and O–H groups in total. The van der Waals surface area contributed by atoms with Crippen molar-refractivity contribution in [2.75, 3.05) is 0 Å². The van der Waals surface area contributed by atoms with Crippen LogP contribution in [-0.4, -0.2) is 0 Å². The summed E-state index contributed by atoms with van der Waals surface area (Å²) in [4.78, 5) is 0. The average molecular weight is 307 g/mol. The van der Waals surface area contributed by atoms with E-state index in [1.165, 1.54) is 6.08 Å². The van der Waals surface area contributed by atoms with Gasteiger partial charge < -0.3 is 19.6 Å². The van der Waals surface area contributed by atoms with Crippen LogP contribution >= 0.6 is 0 Å². The second-order valence-corrected chi connectivity index (χ2v) is 0.236. The molecule has 0 bridgehead atoms.